The van der Waals surface area contributed by atoms with Gasteiger partial charge in [-0.3, -0.25) is 4.79 Å². The summed E-state index contributed by atoms with van der Waals surface area (Å²) in [6.07, 6.45) is 2.11. The van der Waals surface area contributed by atoms with Crippen LogP contribution in [0.2, 0.25) is 0 Å². The van der Waals surface area contributed by atoms with E-state index in [9.17, 15) is 9.90 Å². The van der Waals surface area contributed by atoms with Crippen LogP contribution in [-0.4, -0.2) is 11.1 Å². The Morgan fingerprint density at radius 3 is 2.57 bits per heavy atom. The Morgan fingerprint density at radius 1 is 1.57 bits per heavy atom. The number of thiophene rings is 1. The van der Waals surface area contributed by atoms with Crippen molar-refractivity contribution in [2.24, 2.45) is 5.92 Å². The Hall–Kier alpha value is -0.830. The molecule has 0 aromatic carbocycles. The molecule has 1 heterocycles. The van der Waals surface area contributed by atoms with E-state index in [0.29, 0.717) is 5.92 Å². The van der Waals surface area contributed by atoms with Crippen molar-refractivity contribution in [3.05, 3.63) is 21.9 Å². The summed E-state index contributed by atoms with van der Waals surface area (Å²) in [5.41, 5.74) is -0.640. The van der Waals surface area contributed by atoms with Gasteiger partial charge in [-0.1, -0.05) is 0 Å². The largest absolute Gasteiger partial charge is 0.481 e. The fourth-order valence-corrected chi connectivity index (χ4v) is 2.94. The number of aryl methyl sites for hydroxylation is 1. The van der Waals surface area contributed by atoms with Gasteiger partial charge in [0.15, 0.2) is 0 Å². The zero-order valence-electron chi connectivity index (χ0n) is 8.41. The van der Waals surface area contributed by atoms with Crippen LogP contribution < -0.4 is 0 Å². The van der Waals surface area contributed by atoms with Gasteiger partial charge in [-0.2, -0.15) is 0 Å². The van der Waals surface area contributed by atoms with Crippen molar-refractivity contribution in [3.8, 4) is 0 Å². The Labute approximate surface area is 87.6 Å². The maximum atomic E-state index is 11.3. The quantitative estimate of drug-likeness (QED) is 0.833. The monoisotopic (exact) mass is 210 g/mol. The summed E-state index contributed by atoms with van der Waals surface area (Å²) in [6, 6.07) is 3.97. The topological polar surface area (TPSA) is 37.3 Å². The van der Waals surface area contributed by atoms with E-state index in [1.165, 1.54) is 4.88 Å². The first-order chi connectivity index (χ1) is 6.55. The van der Waals surface area contributed by atoms with Crippen LogP contribution in [0.15, 0.2) is 12.1 Å². The number of rotatable bonds is 3. The molecule has 1 fully saturated rings. The van der Waals surface area contributed by atoms with E-state index in [-0.39, 0.29) is 0 Å². The summed E-state index contributed by atoms with van der Waals surface area (Å²) in [7, 11) is 0. The molecule has 0 amide bonds. The minimum Gasteiger partial charge on any atom is -0.481 e. The number of carbonyl (C=O) groups is 1. The van der Waals surface area contributed by atoms with Crippen LogP contribution in [0.3, 0.4) is 0 Å². The molecule has 2 nitrogen and oxygen atoms in total. The van der Waals surface area contributed by atoms with Crippen LogP contribution in [0.4, 0.5) is 0 Å². The molecule has 76 valence electrons. The predicted molar refractivity (Wildman–Crippen MR) is 56.8 cm³/mol. The lowest BCUT2D eigenvalue weighted by Crippen LogP contribution is -2.33. The molecule has 1 atom stereocenters. The molecule has 0 bridgehead atoms. The summed E-state index contributed by atoms with van der Waals surface area (Å²) in [5, 5.41) is 9.31. The number of carboxylic acid groups (broad SMARTS) is 1. The van der Waals surface area contributed by atoms with Crippen molar-refractivity contribution >= 4 is 17.3 Å². The minimum absolute atomic E-state index is 0.345. The van der Waals surface area contributed by atoms with Crippen LogP contribution >= 0.6 is 11.3 Å². The normalized spacial score (nSPS) is 20.4. The zero-order valence-corrected chi connectivity index (χ0v) is 9.23. The van der Waals surface area contributed by atoms with Crippen molar-refractivity contribution in [2.75, 3.05) is 0 Å². The van der Waals surface area contributed by atoms with Gasteiger partial charge in [0.05, 0.1) is 0 Å². The molecule has 1 aliphatic carbocycles. The highest BCUT2D eigenvalue weighted by Gasteiger charge is 2.49. The lowest BCUT2D eigenvalue weighted by molar-refractivity contribution is -0.143. The van der Waals surface area contributed by atoms with Crippen molar-refractivity contribution in [1.29, 1.82) is 0 Å². The number of carboxylic acids is 1. The van der Waals surface area contributed by atoms with E-state index in [2.05, 4.69) is 0 Å². The van der Waals surface area contributed by atoms with E-state index in [1.807, 2.05) is 26.0 Å². The van der Waals surface area contributed by atoms with E-state index in [0.717, 1.165) is 17.7 Å². The van der Waals surface area contributed by atoms with E-state index in [4.69, 9.17) is 0 Å². The van der Waals surface area contributed by atoms with E-state index >= 15 is 0 Å². The summed E-state index contributed by atoms with van der Waals surface area (Å²) in [5.74, 6) is -0.333. The van der Waals surface area contributed by atoms with Crippen molar-refractivity contribution < 1.29 is 9.90 Å². The smallest absolute Gasteiger partial charge is 0.314 e. The second kappa shape index (κ2) is 3.09. The Morgan fingerprint density at radius 2 is 2.21 bits per heavy atom. The molecule has 14 heavy (non-hydrogen) atoms. The molecule has 1 aliphatic rings. The lowest BCUT2D eigenvalue weighted by Gasteiger charge is -2.22. The molecule has 0 aliphatic heterocycles. The summed E-state index contributed by atoms with van der Waals surface area (Å²) in [6.45, 7) is 3.88. The third kappa shape index (κ3) is 1.36. The molecule has 1 saturated carbocycles. The molecule has 3 heteroatoms. The highest BCUT2D eigenvalue weighted by molar-refractivity contribution is 7.12. The van der Waals surface area contributed by atoms with Gasteiger partial charge in [0.2, 0.25) is 0 Å². The highest BCUT2D eigenvalue weighted by Crippen LogP contribution is 2.49. The average molecular weight is 210 g/mol. The number of hydrogen-bond acceptors (Lipinski definition) is 2. The third-order valence-corrected chi connectivity index (χ3v) is 4.33. The lowest BCUT2D eigenvalue weighted by atomic mass is 9.83. The average Bonchev–Trinajstić information content (AvgIpc) is 2.88. The third-order valence-electron chi connectivity index (χ3n) is 3.09. The van der Waals surface area contributed by atoms with Crippen LogP contribution in [0.1, 0.15) is 29.5 Å². The maximum Gasteiger partial charge on any atom is 0.314 e. The fraction of sp³-hybridized carbons (Fsp3) is 0.545. The minimum atomic E-state index is -0.679. The summed E-state index contributed by atoms with van der Waals surface area (Å²) >= 11 is 1.61. The van der Waals surface area contributed by atoms with Gasteiger partial charge in [0, 0.05) is 9.75 Å². The molecule has 2 rings (SSSR count). The van der Waals surface area contributed by atoms with Crippen LogP contribution in [0.5, 0.6) is 0 Å². The van der Waals surface area contributed by atoms with Gasteiger partial charge in [-0.05, 0) is 44.7 Å². The SMILES string of the molecule is Cc1ccc(C(C)(C(=O)O)C2CC2)s1. The molecule has 1 aromatic rings. The second-order valence-corrected chi connectivity index (χ2v) is 5.48. The Kier molecular flexibility index (Phi) is 2.14. The van der Waals surface area contributed by atoms with E-state index < -0.39 is 11.4 Å². The van der Waals surface area contributed by atoms with Gasteiger partial charge in [-0.15, -0.1) is 11.3 Å². The van der Waals surface area contributed by atoms with Crippen molar-refractivity contribution in [1.82, 2.24) is 0 Å². The van der Waals surface area contributed by atoms with Gasteiger partial charge < -0.3 is 5.11 Å². The van der Waals surface area contributed by atoms with Gasteiger partial charge in [-0.25, -0.2) is 0 Å². The highest BCUT2D eigenvalue weighted by atomic mass is 32.1. The molecule has 0 radical (unpaired) electrons. The summed E-state index contributed by atoms with van der Waals surface area (Å²) < 4.78 is 0. The molecule has 0 saturated heterocycles. The second-order valence-electron chi connectivity index (χ2n) is 4.19. The van der Waals surface area contributed by atoms with Crippen LogP contribution in [-0.2, 0) is 10.2 Å². The predicted octanol–water partition coefficient (Wildman–Crippen LogP) is 2.81. The molecule has 1 unspecified atom stereocenters. The molecular weight excluding hydrogens is 196 g/mol. The molecule has 1 N–H and O–H groups in total. The number of aliphatic carboxylic acids is 1. The maximum absolute atomic E-state index is 11.3. The molecule has 0 spiro atoms. The standard InChI is InChI=1S/C11H14O2S/c1-7-3-6-9(14-7)11(2,10(12)13)8-4-5-8/h3,6,8H,4-5H2,1-2H3,(H,12,13). The van der Waals surface area contributed by atoms with Gasteiger partial charge in [0.25, 0.3) is 0 Å². The molecule has 1 aromatic heterocycles. The van der Waals surface area contributed by atoms with Crippen molar-refractivity contribution in [3.63, 3.8) is 0 Å². The zero-order chi connectivity index (χ0) is 10.3. The van der Waals surface area contributed by atoms with Crippen LogP contribution in [0, 0.1) is 12.8 Å². The first kappa shape index (κ1) is 9.71. The van der Waals surface area contributed by atoms with Gasteiger partial charge >= 0.3 is 5.97 Å². The first-order valence-corrected chi connectivity index (χ1v) is 5.67. The van der Waals surface area contributed by atoms with E-state index in [1.54, 1.807) is 11.3 Å². The number of hydrogen-bond donors (Lipinski definition) is 1. The van der Waals surface area contributed by atoms with Crippen molar-refractivity contribution in [2.45, 2.75) is 32.1 Å². The van der Waals surface area contributed by atoms with Gasteiger partial charge in [0.1, 0.15) is 5.41 Å². The summed E-state index contributed by atoms with van der Waals surface area (Å²) in [4.78, 5) is 13.5. The first-order valence-electron chi connectivity index (χ1n) is 4.85. The fourth-order valence-electron chi connectivity index (χ4n) is 1.86. The Bertz CT molecular complexity index is 365. The Balaban J connectivity index is 2.40. The molecular formula is C11H14O2S. The van der Waals surface area contributed by atoms with Crippen LogP contribution in [0.25, 0.3) is 0 Å².